The molecule has 1 aliphatic heterocycles. The van der Waals surface area contributed by atoms with Crippen LogP contribution in [0.4, 0.5) is 10.5 Å². The van der Waals surface area contributed by atoms with Crippen LogP contribution < -0.4 is 21.0 Å². The Morgan fingerprint density at radius 3 is 2.59 bits per heavy atom. The van der Waals surface area contributed by atoms with Crippen molar-refractivity contribution in [3.05, 3.63) is 71.3 Å². The van der Waals surface area contributed by atoms with Crippen LogP contribution in [0.3, 0.4) is 0 Å². The van der Waals surface area contributed by atoms with Gasteiger partial charge in [0.25, 0.3) is 0 Å². The second-order valence-electron chi connectivity index (χ2n) is 7.32. The van der Waals surface area contributed by atoms with Gasteiger partial charge in [-0.2, -0.15) is 0 Å². The molecule has 0 atom stereocenters. The smallest absolute Gasteiger partial charge is 0.360 e. The number of fused-ring (bicyclic) bond motifs is 1. The van der Waals surface area contributed by atoms with E-state index in [9.17, 15) is 9.59 Å². The number of amides is 2. The minimum absolute atomic E-state index is 0. The number of nitrogens with one attached hydrogen (secondary N) is 2. The standard InChI is InChI=1S/C23H27N3O4.C2H6.2H2/c1-5-7-17(6-2)24-23(28)25-19-14-16-8-9-20(15(3)21(16)30-22(19)27)29-18-10-12-26(4)13-11-18;1-2;;/h5-9,14,18H,1-2,10-13H2,3-4H3,(H2,24,25,28);1-2H3;2*1H/b17-7+;;;. The molecule has 32 heavy (non-hydrogen) atoms. The minimum Gasteiger partial charge on any atom is -0.490 e. The van der Waals surface area contributed by atoms with Crippen LogP contribution in [0.2, 0.25) is 0 Å². The first-order valence-corrected chi connectivity index (χ1v) is 10.9. The number of aryl methyl sites for hydroxylation is 1. The van der Waals surface area contributed by atoms with E-state index in [-0.39, 0.29) is 14.6 Å². The van der Waals surface area contributed by atoms with Crippen LogP contribution in [0.1, 0.15) is 35.1 Å². The number of benzene rings is 1. The Morgan fingerprint density at radius 2 is 1.97 bits per heavy atom. The van der Waals surface area contributed by atoms with E-state index in [2.05, 4.69) is 35.7 Å². The van der Waals surface area contributed by atoms with Gasteiger partial charge in [0.05, 0.1) is 0 Å². The summed E-state index contributed by atoms with van der Waals surface area (Å²) in [5, 5.41) is 5.79. The zero-order valence-corrected chi connectivity index (χ0v) is 19.4. The number of urea groups is 1. The lowest BCUT2D eigenvalue weighted by molar-refractivity contribution is 0.113. The van der Waals surface area contributed by atoms with Crippen LogP contribution >= 0.6 is 0 Å². The monoisotopic (exact) mass is 443 g/mol. The summed E-state index contributed by atoms with van der Waals surface area (Å²) in [6.45, 7) is 15.0. The average Bonchev–Trinajstić information content (AvgIpc) is 2.79. The molecule has 176 valence electrons. The zero-order valence-electron chi connectivity index (χ0n) is 19.4. The van der Waals surface area contributed by atoms with Gasteiger partial charge in [0.2, 0.25) is 0 Å². The minimum atomic E-state index is -0.634. The predicted molar refractivity (Wildman–Crippen MR) is 135 cm³/mol. The van der Waals surface area contributed by atoms with Crippen molar-refractivity contribution in [1.82, 2.24) is 10.2 Å². The number of carbonyl (C=O) groups is 1. The summed E-state index contributed by atoms with van der Waals surface area (Å²) in [5.41, 5.74) is 1.09. The van der Waals surface area contributed by atoms with Crippen LogP contribution in [0.25, 0.3) is 11.0 Å². The number of rotatable bonds is 6. The van der Waals surface area contributed by atoms with Gasteiger partial charge in [-0.15, -0.1) is 0 Å². The average molecular weight is 444 g/mol. The molecule has 0 unspecified atom stereocenters. The molecule has 7 nitrogen and oxygen atoms in total. The predicted octanol–water partition coefficient (Wildman–Crippen LogP) is 5.47. The molecule has 1 aromatic heterocycles. The topological polar surface area (TPSA) is 83.8 Å². The second-order valence-corrected chi connectivity index (χ2v) is 7.32. The highest BCUT2D eigenvalue weighted by Gasteiger charge is 2.20. The molecule has 3 rings (SSSR count). The molecule has 1 aromatic carbocycles. The number of hydrogen-bond acceptors (Lipinski definition) is 5. The molecule has 0 radical (unpaired) electrons. The Balaban J connectivity index is 0.00000265. The number of ether oxygens (including phenoxy) is 1. The van der Waals surface area contributed by atoms with Gasteiger partial charge in [-0.25, -0.2) is 9.59 Å². The zero-order chi connectivity index (χ0) is 23.7. The highest BCUT2D eigenvalue weighted by Crippen LogP contribution is 2.29. The maximum absolute atomic E-state index is 12.4. The van der Waals surface area contributed by atoms with E-state index in [1.54, 1.807) is 12.1 Å². The van der Waals surface area contributed by atoms with Crippen molar-refractivity contribution in [2.45, 2.75) is 39.7 Å². The number of piperidine rings is 1. The van der Waals surface area contributed by atoms with E-state index in [1.807, 2.05) is 32.9 Å². The molecule has 7 heteroatoms. The highest BCUT2D eigenvalue weighted by atomic mass is 16.5. The van der Waals surface area contributed by atoms with Gasteiger partial charge in [-0.1, -0.05) is 33.1 Å². The molecule has 1 fully saturated rings. The van der Waals surface area contributed by atoms with E-state index in [1.165, 1.54) is 12.2 Å². The fourth-order valence-corrected chi connectivity index (χ4v) is 3.38. The lowest BCUT2D eigenvalue weighted by Crippen LogP contribution is -2.35. The van der Waals surface area contributed by atoms with Gasteiger partial charge in [0.1, 0.15) is 23.1 Å². The summed E-state index contributed by atoms with van der Waals surface area (Å²) >= 11 is 0. The van der Waals surface area contributed by atoms with E-state index >= 15 is 0 Å². The first kappa shape index (κ1) is 24.9. The van der Waals surface area contributed by atoms with Crippen molar-refractivity contribution in [1.29, 1.82) is 0 Å². The Hall–Kier alpha value is -3.32. The van der Waals surface area contributed by atoms with Gasteiger partial charge in [-0.3, -0.25) is 0 Å². The number of nitrogens with zero attached hydrogens (tertiary/aromatic N) is 1. The highest BCUT2D eigenvalue weighted by molar-refractivity contribution is 5.93. The van der Waals surface area contributed by atoms with Gasteiger partial charge in [0, 0.05) is 32.6 Å². The first-order valence-electron chi connectivity index (χ1n) is 10.9. The van der Waals surface area contributed by atoms with E-state index in [4.69, 9.17) is 9.15 Å². The summed E-state index contributed by atoms with van der Waals surface area (Å²) in [5.74, 6) is 0.712. The number of likely N-dealkylation sites (tertiary alicyclic amines) is 1. The maximum Gasteiger partial charge on any atom is 0.360 e. The van der Waals surface area contributed by atoms with E-state index < -0.39 is 11.7 Å². The summed E-state index contributed by atoms with van der Waals surface area (Å²) in [4.78, 5) is 26.9. The third-order valence-electron chi connectivity index (χ3n) is 5.08. The number of carbonyl (C=O) groups excluding carboxylic acids is 1. The number of allylic oxidation sites excluding steroid dienone is 3. The third-order valence-corrected chi connectivity index (χ3v) is 5.08. The van der Waals surface area contributed by atoms with Crippen LogP contribution in [0, 0.1) is 6.92 Å². The third kappa shape index (κ3) is 6.34. The van der Waals surface area contributed by atoms with Crippen molar-refractivity contribution >= 4 is 22.7 Å². The Kier molecular flexibility index (Phi) is 9.28. The molecular formula is C25H37N3O4. The summed E-state index contributed by atoms with van der Waals surface area (Å²) in [7, 11) is 2.10. The number of anilines is 1. The van der Waals surface area contributed by atoms with Gasteiger partial charge in [0.15, 0.2) is 0 Å². The molecular weight excluding hydrogens is 406 g/mol. The number of hydrogen-bond donors (Lipinski definition) is 2. The SMILES string of the molecule is C=C/C=C(\C=C)NC(=O)Nc1cc2ccc(OC3CCN(C)CC3)c(C)c2oc1=O.CC.[HH].[HH]. The molecule has 2 amide bonds. The van der Waals surface area contributed by atoms with Crippen molar-refractivity contribution in [3.63, 3.8) is 0 Å². The van der Waals surface area contributed by atoms with Crippen LogP contribution in [-0.4, -0.2) is 37.2 Å². The maximum atomic E-state index is 12.4. The summed E-state index contributed by atoms with van der Waals surface area (Å²) in [6.07, 6.45) is 6.65. The Morgan fingerprint density at radius 1 is 1.28 bits per heavy atom. The lowest BCUT2D eigenvalue weighted by Gasteiger charge is -2.29. The molecule has 2 aromatic rings. The molecule has 2 N–H and O–H groups in total. The van der Waals surface area contributed by atoms with E-state index in [0.717, 1.165) is 31.5 Å². The lowest BCUT2D eigenvalue weighted by atomic mass is 10.1. The fraction of sp³-hybridized carbons (Fsp3) is 0.360. The van der Waals surface area contributed by atoms with Crippen molar-refractivity contribution < 1.29 is 16.8 Å². The van der Waals surface area contributed by atoms with Gasteiger partial charge < -0.3 is 24.7 Å². The van der Waals surface area contributed by atoms with Crippen molar-refractivity contribution in [2.75, 3.05) is 25.5 Å². The Labute approximate surface area is 192 Å². The molecule has 0 spiro atoms. The molecule has 1 saturated heterocycles. The first-order chi connectivity index (χ1) is 15.4. The second kappa shape index (κ2) is 11.9. The Bertz CT molecular complexity index is 1060. The molecule has 0 bridgehead atoms. The molecule has 0 saturated carbocycles. The molecule has 2 heterocycles. The van der Waals surface area contributed by atoms with E-state index in [0.29, 0.717) is 22.4 Å². The van der Waals surface area contributed by atoms with Crippen molar-refractivity contribution in [3.8, 4) is 5.75 Å². The molecule has 1 aliphatic rings. The van der Waals surface area contributed by atoms with Gasteiger partial charge >= 0.3 is 11.7 Å². The summed E-state index contributed by atoms with van der Waals surface area (Å²) in [6, 6.07) is 4.72. The molecule has 0 aliphatic carbocycles. The van der Waals surface area contributed by atoms with Crippen LogP contribution in [0.5, 0.6) is 5.75 Å². The van der Waals surface area contributed by atoms with Crippen molar-refractivity contribution in [2.24, 2.45) is 0 Å². The fourth-order valence-electron chi connectivity index (χ4n) is 3.38. The quantitative estimate of drug-likeness (QED) is 0.457. The normalized spacial score (nSPS) is 14.8. The summed E-state index contributed by atoms with van der Waals surface area (Å²) < 4.78 is 11.7. The van der Waals surface area contributed by atoms with Gasteiger partial charge in [-0.05, 0) is 57.2 Å². The largest absolute Gasteiger partial charge is 0.490 e. The van der Waals surface area contributed by atoms with Crippen LogP contribution in [-0.2, 0) is 0 Å². The van der Waals surface area contributed by atoms with Crippen LogP contribution in [0.15, 0.2) is 64.5 Å².